The molecule has 9 heteroatoms. The van der Waals surface area contributed by atoms with E-state index in [4.69, 9.17) is 11.6 Å². The summed E-state index contributed by atoms with van der Waals surface area (Å²) in [6, 6.07) is 10.5. The normalized spacial score (nSPS) is 11.0. The molecule has 0 fully saturated rings. The zero-order valence-electron chi connectivity index (χ0n) is 14.0. The average Bonchev–Trinajstić information content (AvgIpc) is 2.95. The molecule has 0 unspecified atom stereocenters. The molecule has 0 aliphatic heterocycles. The molecule has 4 aromatic rings. The highest BCUT2D eigenvalue weighted by Gasteiger charge is 2.13. The van der Waals surface area contributed by atoms with E-state index in [9.17, 15) is 8.78 Å². The van der Waals surface area contributed by atoms with Crippen LogP contribution < -0.4 is 10.6 Å². The summed E-state index contributed by atoms with van der Waals surface area (Å²) in [7, 11) is 1.78. The van der Waals surface area contributed by atoms with Crippen molar-refractivity contribution in [3.63, 3.8) is 0 Å². The Labute approximate surface area is 157 Å². The van der Waals surface area contributed by atoms with Crippen LogP contribution in [0.3, 0.4) is 0 Å². The van der Waals surface area contributed by atoms with Crippen molar-refractivity contribution in [1.82, 2.24) is 19.5 Å². The van der Waals surface area contributed by atoms with Gasteiger partial charge < -0.3 is 10.6 Å². The number of aryl methyl sites for hydroxylation is 1. The molecule has 0 spiro atoms. The average molecular weight is 387 g/mol. The fraction of sp³-hybridized carbons (Fsp3) is 0.0556. The maximum absolute atomic E-state index is 13.8. The lowest BCUT2D eigenvalue weighted by Crippen LogP contribution is -2.02. The van der Waals surface area contributed by atoms with Gasteiger partial charge in [-0.3, -0.25) is 4.57 Å². The molecule has 0 saturated heterocycles. The first-order valence-electron chi connectivity index (χ1n) is 7.94. The highest BCUT2D eigenvalue weighted by molar-refractivity contribution is 6.33. The standard InChI is InChI=1S/C18H13ClF2N6/c1-27-16-15(25-18(27)24-13-5-3-2-4-11(13)19)9-22-17(26-16)23-14-7-6-10(20)8-12(14)21/h2-9H,1H3,(H,24,25)(H,22,23,26). The van der Waals surface area contributed by atoms with Gasteiger partial charge in [0.1, 0.15) is 17.2 Å². The fourth-order valence-corrected chi connectivity index (χ4v) is 2.73. The minimum Gasteiger partial charge on any atom is -0.324 e. The number of hydrogen-bond donors (Lipinski definition) is 2. The number of hydrogen-bond acceptors (Lipinski definition) is 5. The Hall–Kier alpha value is -3.26. The maximum Gasteiger partial charge on any atom is 0.229 e. The van der Waals surface area contributed by atoms with Crippen LogP contribution in [0, 0.1) is 11.6 Å². The molecule has 0 saturated carbocycles. The van der Waals surface area contributed by atoms with Crippen LogP contribution in [0.5, 0.6) is 0 Å². The molecule has 0 bridgehead atoms. The van der Waals surface area contributed by atoms with Crippen LogP contribution in [0.25, 0.3) is 11.2 Å². The minimum absolute atomic E-state index is 0.0762. The van der Waals surface area contributed by atoms with E-state index in [0.29, 0.717) is 27.8 Å². The van der Waals surface area contributed by atoms with Crippen molar-refractivity contribution >= 4 is 46.0 Å². The molecule has 27 heavy (non-hydrogen) atoms. The van der Waals surface area contributed by atoms with Gasteiger partial charge in [-0.2, -0.15) is 4.98 Å². The van der Waals surface area contributed by atoms with Gasteiger partial charge in [-0.15, -0.1) is 0 Å². The Bertz CT molecular complexity index is 1140. The van der Waals surface area contributed by atoms with E-state index in [1.807, 2.05) is 18.2 Å². The van der Waals surface area contributed by atoms with Gasteiger partial charge in [-0.1, -0.05) is 23.7 Å². The molecular formula is C18H13ClF2N6. The summed E-state index contributed by atoms with van der Waals surface area (Å²) in [5.74, 6) is -0.695. The predicted octanol–water partition coefficient (Wildman–Crippen LogP) is 4.78. The largest absolute Gasteiger partial charge is 0.324 e. The number of nitrogens with one attached hydrogen (secondary N) is 2. The van der Waals surface area contributed by atoms with E-state index in [-0.39, 0.29) is 11.6 Å². The quantitative estimate of drug-likeness (QED) is 0.528. The van der Waals surface area contributed by atoms with E-state index >= 15 is 0 Å². The van der Waals surface area contributed by atoms with E-state index in [2.05, 4.69) is 25.6 Å². The molecule has 0 radical (unpaired) electrons. The molecule has 2 aromatic carbocycles. The smallest absolute Gasteiger partial charge is 0.229 e. The topological polar surface area (TPSA) is 67.7 Å². The van der Waals surface area contributed by atoms with Crippen molar-refractivity contribution in [3.05, 3.63) is 65.3 Å². The van der Waals surface area contributed by atoms with Crippen molar-refractivity contribution in [2.45, 2.75) is 0 Å². The van der Waals surface area contributed by atoms with Gasteiger partial charge in [0.15, 0.2) is 5.65 Å². The molecule has 0 amide bonds. The first-order valence-corrected chi connectivity index (χ1v) is 8.32. The van der Waals surface area contributed by atoms with Crippen molar-refractivity contribution in [2.75, 3.05) is 10.6 Å². The second kappa shape index (κ2) is 6.81. The predicted molar refractivity (Wildman–Crippen MR) is 101 cm³/mol. The third-order valence-corrected chi connectivity index (χ3v) is 4.24. The lowest BCUT2D eigenvalue weighted by Gasteiger charge is -2.08. The molecule has 2 N–H and O–H groups in total. The number of para-hydroxylation sites is 1. The first kappa shape index (κ1) is 17.2. The summed E-state index contributed by atoms with van der Waals surface area (Å²) in [6.45, 7) is 0. The molecular weight excluding hydrogens is 374 g/mol. The lowest BCUT2D eigenvalue weighted by molar-refractivity contribution is 0.586. The zero-order chi connectivity index (χ0) is 19.0. The second-order valence-electron chi connectivity index (χ2n) is 5.75. The van der Waals surface area contributed by atoms with Crippen LogP contribution in [-0.4, -0.2) is 19.5 Å². The Morgan fingerprint density at radius 3 is 2.59 bits per heavy atom. The molecule has 6 nitrogen and oxygen atoms in total. The van der Waals surface area contributed by atoms with E-state index < -0.39 is 11.6 Å². The number of fused-ring (bicyclic) bond motifs is 1. The van der Waals surface area contributed by atoms with Crippen LogP contribution in [-0.2, 0) is 7.05 Å². The zero-order valence-corrected chi connectivity index (χ0v) is 14.8. The van der Waals surface area contributed by atoms with Gasteiger partial charge in [0, 0.05) is 13.1 Å². The van der Waals surface area contributed by atoms with E-state index in [0.717, 1.165) is 12.1 Å². The summed E-state index contributed by atoms with van der Waals surface area (Å²) in [5, 5.41) is 6.44. The number of imidazole rings is 1. The molecule has 0 atom stereocenters. The Kier molecular flexibility index (Phi) is 4.33. The Morgan fingerprint density at radius 1 is 1.00 bits per heavy atom. The number of anilines is 4. The fourth-order valence-electron chi connectivity index (χ4n) is 2.55. The molecule has 0 aliphatic rings. The van der Waals surface area contributed by atoms with Crippen molar-refractivity contribution < 1.29 is 8.78 Å². The van der Waals surface area contributed by atoms with Gasteiger partial charge in [-0.05, 0) is 24.3 Å². The highest BCUT2D eigenvalue weighted by atomic mass is 35.5. The van der Waals surface area contributed by atoms with Crippen LogP contribution >= 0.6 is 11.6 Å². The number of rotatable bonds is 4. The lowest BCUT2D eigenvalue weighted by atomic mass is 10.3. The number of halogens is 3. The minimum atomic E-state index is -0.732. The number of benzene rings is 2. The van der Waals surface area contributed by atoms with E-state index in [1.54, 1.807) is 17.7 Å². The van der Waals surface area contributed by atoms with Crippen molar-refractivity contribution in [2.24, 2.45) is 7.05 Å². The second-order valence-corrected chi connectivity index (χ2v) is 6.16. The number of aromatic nitrogens is 4. The molecule has 4 rings (SSSR count). The Morgan fingerprint density at radius 2 is 1.81 bits per heavy atom. The monoisotopic (exact) mass is 386 g/mol. The maximum atomic E-state index is 13.8. The van der Waals surface area contributed by atoms with Gasteiger partial charge >= 0.3 is 0 Å². The van der Waals surface area contributed by atoms with Crippen LogP contribution in [0.2, 0.25) is 5.02 Å². The summed E-state index contributed by atoms with van der Waals surface area (Å²) in [5.41, 5.74) is 1.87. The Balaban J connectivity index is 1.66. The molecule has 0 aliphatic carbocycles. The third-order valence-electron chi connectivity index (χ3n) is 3.91. The van der Waals surface area contributed by atoms with Gasteiger partial charge in [-0.25, -0.2) is 18.7 Å². The van der Waals surface area contributed by atoms with Crippen LogP contribution in [0.15, 0.2) is 48.7 Å². The number of nitrogens with zero attached hydrogens (tertiary/aromatic N) is 4. The molecule has 136 valence electrons. The summed E-state index contributed by atoms with van der Waals surface area (Å²) < 4.78 is 28.6. The highest BCUT2D eigenvalue weighted by Crippen LogP contribution is 2.26. The van der Waals surface area contributed by atoms with Gasteiger partial charge in [0.25, 0.3) is 0 Å². The van der Waals surface area contributed by atoms with Crippen molar-refractivity contribution in [3.8, 4) is 0 Å². The third kappa shape index (κ3) is 3.39. The van der Waals surface area contributed by atoms with Crippen LogP contribution in [0.1, 0.15) is 0 Å². The SMILES string of the molecule is Cn1c(Nc2ccccc2Cl)nc2cnc(Nc3ccc(F)cc3F)nc21. The first-order chi connectivity index (χ1) is 13.0. The molecule has 2 heterocycles. The van der Waals surface area contributed by atoms with Gasteiger partial charge in [0.2, 0.25) is 11.9 Å². The van der Waals surface area contributed by atoms with Gasteiger partial charge in [0.05, 0.1) is 22.6 Å². The summed E-state index contributed by atoms with van der Waals surface area (Å²) >= 11 is 6.17. The van der Waals surface area contributed by atoms with Crippen LogP contribution in [0.4, 0.5) is 32.1 Å². The summed E-state index contributed by atoms with van der Waals surface area (Å²) in [4.78, 5) is 12.9. The summed E-state index contributed by atoms with van der Waals surface area (Å²) in [6.07, 6.45) is 1.52. The van der Waals surface area contributed by atoms with E-state index in [1.165, 1.54) is 12.3 Å². The molecule has 2 aromatic heterocycles. The van der Waals surface area contributed by atoms with Crippen molar-refractivity contribution in [1.29, 1.82) is 0 Å².